The normalized spacial score (nSPS) is 43.7. The molecular weight excluding hydrogens is 160 g/mol. The summed E-state index contributed by atoms with van der Waals surface area (Å²) in [6.45, 7) is 0. The van der Waals surface area contributed by atoms with Crippen molar-refractivity contribution in [3.63, 3.8) is 0 Å². The topological polar surface area (TPSA) is 74.6 Å². The Labute approximate surface area is 69.2 Å². The summed E-state index contributed by atoms with van der Waals surface area (Å²) in [4.78, 5) is 21.0. The first-order chi connectivity index (χ1) is 5.61. The van der Waals surface area contributed by atoms with Gasteiger partial charge in [0.05, 0.1) is 11.8 Å². The summed E-state index contributed by atoms with van der Waals surface area (Å²) in [5.41, 5.74) is 0. The van der Waals surface area contributed by atoms with Crippen LogP contribution in [0.5, 0.6) is 0 Å². The molecule has 4 nitrogen and oxygen atoms in total. The zero-order valence-corrected chi connectivity index (χ0v) is 6.43. The van der Waals surface area contributed by atoms with Gasteiger partial charge in [0.2, 0.25) is 0 Å². The van der Waals surface area contributed by atoms with Crippen molar-refractivity contribution in [3.05, 3.63) is 0 Å². The third-order valence-electron chi connectivity index (χ3n) is 3.08. The van der Waals surface area contributed by atoms with Gasteiger partial charge in [-0.05, 0) is 24.7 Å². The maximum Gasteiger partial charge on any atom is 0.307 e. The highest BCUT2D eigenvalue weighted by Crippen LogP contribution is 2.59. The highest BCUT2D eigenvalue weighted by atomic mass is 16.4. The third kappa shape index (κ3) is 0.906. The zero-order valence-electron chi connectivity index (χ0n) is 6.43. The summed E-state index contributed by atoms with van der Waals surface area (Å²) in [5.74, 6) is -1.73. The summed E-state index contributed by atoms with van der Waals surface area (Å²) >= 11 is 0. The van der Waals surface area contributed by atoms with Crippen LogP contribution in [0.15, 0.2) is 0 Å². The molecule has 0 aromatic heterocycles. The fraction of sp³-hybridized carbons (Fsp3) is 0.750. The van der Waals surface area contributed by atoms with Crippen LogP contribution in [0.4, 0.5) is 0 Å². The Morgan fingerprint density at radius 1 is 1.00 bits per heavy atom. The lowest BCUT2D eigenvalue weighted by molar-refractivity contribution is -0.144. The highest BCUT2D eigenvalue weighted by Gasteiger charge is 2.61. The van der Waals surface area contributed by atoms with E-state index < -0.39 is 11.9 Å². The van der Waals surface area contributed by atoms with Crippen molar-refractivity contribution in [2.45, 2.75) is 12.8 Å². The van der Waals surface area contributed by atoms with E-state index >= 15 is 0 Å². The van der Waals surface area contributed by atoms with E-state index in [0.29, 0.717) is 12.8 Å². The minimum absolute atomic E-state index is 0.156. The van der Waals surface area contributed by atoms with Crippen LogP contribution in [0.2, 0.25) is 0 Å². The molecule has 0 spiro atoms. The highest BCUT2D eigenvalue weighted by molar-refractivity contribution is 5.77. The fourth-order valence-corrected chi connectivity index (χ4v) is 2.41. The summed E-state index contributed by atoms with van der Waals surface area (Å²) in [6.07, 6.45) is 1.13. The Morgan fingerprint density at radius 3 is 1.83 bits per heavy atom. The average Bonchev–Trinajstić information content (AvgIpc) is 2.48. The predicted octanol–water partition coefficient (Wildman–Crippen LogP) is 0.428. The van der Waals surface area contributed by atoms with Crippen molar-refractivity contribution < 1.29 is 19.8 Å². The van der Waals surface area contributed by atoms with Gasteiger partial charge >= 0.3 is 11.9 Å². The summed E-state index contributed by atoms with van der Waals surface area (Å²) in [7, 11) is 0. The first-order valence-electron chi connectivity index (χ1n) is 4.07. The molecule has 2 rings (SSSR count). The maximum atomic E-state index is 10.5. The van der Waals surface area contributed by atoms with Crippen molar-refractivity contribution in [1.82, 2.24) is 0 Å². The SMILES string of the molecule is O=C(O)[C@@H]1C[C@@H]2[C@H](C1)[C@H]2C(=O)O. The van der Waals surface area contributed by atoms with Gasteiger partial charge in [0.25, 0.3) is 0 Å². The van der Waals surface area contributed by atoms with Crippen molar-refractivity contribution >= 4 is 11.9 Å². The summed E-state index contributed by atoms with van der Waals surface area (Å²) < 4.78 is 0. The summed E-state index contributed by atoms with van der Waals surface area (Å²) in [6, 6.07) is 0. The van der Waals surface area contributed by atoms with Crippen LogP contribution in [0, 0.1) is 23.7 Å². The van der Waals surface area contributed by atoms with Gasteiger partial charge in [0.1, 0.15) is 0 Å². The van der Waals surface area contributed by atoms with Gasteiger partial charge in [-0.3, -0.25) is 9.59 Å². The second kappa shape index (κ2) is 2.21. The first kappa shape index (κ1) is 7.58. The average molecular weight is 170 g/mol. The van der Waals surface area contributed by atoms with Gasteiger partial charge in [-0.15, -0.1) is 0 Å². The number of hydrogen-bond donors (Lipinski definition) is 2. The molecule has 2 saturated carbocycles. The molecule has 4 heteroatoms. The fourth-order valence-electron chi connectivity index (χ4n) is 2.41. The Bertz CT molecular complexity index is 223. The van der Waals surface area contributed by atoms with Gasteiger partial charge in [0, 0.05) is 0 Å². The molecule has 0 heterocycles. The Balaban J connectivity index is 1.94. The van der Waals surface area contributed by atoms with Gasteiger partial charge in [0.15, 0.2) is 0 Å². The van der Waals surface area contributed by atoms with E-state index in [2.05, 4.69) is 0 Å². The number of carboxylic acid groups (broad SMARTS) is 2. The van der Waals surface area contributed by atoms with E-state index in [1.807, 2.05) is 0 Å². The van der Waals surface area contributed by atoms with Crippen LogP contribution in [-0.4, -0.2) is 22.2 Å². The molecular formula is C8H10O4. The van der Waals surface area contributed by atoms with Gasteiger partial charge < -0.3 is 10.2 Å². The van der Waals surface area contributed by atoms with Gasteiger partial charge in [-0.1, -0.05) is 0 Å². The molecule has 0 aliphatic heterocycles. The maximum absolute atomic E-state index is 10.5. The lowest BCUT2D eigenvalue weighted by atomic mass is 10.0. The van der Waals surface area contributed by atoms with E-state index in [9.17, 15) is 9.59 Å². The molecule has 66 valence electrons. The zero-order chi connectivity index (χ0) is 8.88. The van der Waals surface area contributed by atoms with Crippen LogP contribution >= 0.6 is 0 Å². The molecule has 0 unspecified atom stereocenters. The van der Waals surface area contributed by atoms with Crippen LogP contribution < -0.4 is 0 Å². The molecule has 0 amide bonds. The number of carbonyl (C=O) groups is 2. The largest absolute Gasteiger partial charge is 0.481 e. The standard InChI is InChI=1S/C8H10O4/c9-7(10)3-1-4-5(2-3)6(4)8(11)12/h3-6H,1-2H2,(H,9,10)(H,11,12)/t3-,4-,5+,6+. The molecule has 0 bridgehead atoms. The smallest absolute Gasteiger partial charge is 0.307 e. The molecule has 2 fully saturated rings. The predicted molar refractivity (Wildman–Crippen MR) is 38.5 cm³/mol. The molecule has 0 saturated heterocycles. The molecule has 12 heavy (non-hydrogen) atoms. The van der Waals surface area contributed by atoms with Crippen molar-refractivity contribution in [2.75, 3.05) is 0 Å². The molecule has 0 aromatic carbocycles. The van der Waals surface area contributed by atoms with Gasteiger partial charge in [-0.25, -0.2) is 0 Å². The summed E-state index contributed by atoms with van der Waals surface area (Å²) in [5, 5.41) is 17.3. The Morgan fingerprint density at radius 2 is 1.50 bits per heavy atom. The minimum atomic E-state index is -0.772. The third-order valence-corrected chi connectivity index (χ3v) is 3.08. The number of hydrogen-bond acceptors (Lipinski definition) is 2. The van der Waals surface area contributed by atoms with Crippen LogP contribution in [-0.2, 0) is 9.59 Å². The molecule has 2 aliphatic rings. The first-order valence-corrected chi connectivity index (χ1v) is 4.07. The quantitative estimate of drug-likeness (QED) is 0.630. The Hall–Kier alpha value is -1.06. The second-order valence-corrected chi connectivity index (χ2v) is 3.70. The van der Waals surface area contributed by atoms with Crippen molar-refractivity contribution in [3.8, 4) is 0 Å². The lowest BCUT2D eigenvalue weighted by Gasteiger charge is -2.05. The van der Waals surface area contributed by atoms with Crippen LogP contribution in [0.3, 0.4) is 0 Å². The van der Waals surface area contributed by atoms with E-state index in [0.717, 1.165) is 0 Å². The monoisotopic (exact) mass is 170 g/mol. The molecule has 0 radical (unpaired) electrons. The van der Waals surface area contributed by atoms with E-state index in [4.69, 9.17) is 10.2 Å². The molecule has 4 atom stereocenters. The number of rotatable bonds is 2. The number of carboxylic acids is 2. The van der Waals surface area contributed by atoms with Gasteiger partial charge in [-0.2, -0.15) is 0 Å². The van der Waals surface area contributed by atoms with Crippen LogP contribution in [0.1, 0.15) is 12.8 Å². The van der Waals surface area contributed by atoms with E-state index in [1.165, 1.54) is 0 Å². The molecule has 0 aromatic rings. The van der Waals surface area contributed by atoms with Crippen molar-refractivity contribution in [2.24, 2.45) is 23.7 Å². The lowest BCUT2D eigenvalue weighted by Crippen LogP contribution is -2.15. The van der Waals surface area contributed by atoms with Crippen molar-refractivity contribution in [1.29, 1.82) is 0 Å². The molecule has 2 N–H and O–H groups in total. The number of fused-ring (bicyclic) bond motifs is 1. The molecule has 2 aliphatic carbocycles. The second-order valence-electron chi connectivity index (χ2n) is 3.70. The van der Waals surface area contributed by atoms with E-state index in [1.54, 1.807) is 0 Å². The number of aliphatic carboxylic acids is 2. The Kier molecular flexibility index (Phi) is 1.40. The van der Waals surface area contributed by atoms with Crippen LogP contribution in [0.25, 0.3) is 0 Å². The van der Waals surface area contributed by atoms with E-state index in [-0.39, 0.29) is 23.7 Å². The minimum Gasteiger partial charge on any atom is -0.481 e.